The first-order valence-corrected chi connectivity index (χ1v) is 13.2. The molecule has 0 aliphatic carbocycles. The van der Waals surface area contributed by atoms with Gasteiger partial charge in [-0.2, -0.15) is 18.2 Å². The Hall–Kier alpha value is -4.67. The van der Waals surface area contributed by atoms with Gasteiger partial charge in [0.05, 0.1) is 17.6 Å². The van der Waals surface area contributed by atoms with Gasteiger partial charge in [0.25, 0.3) is 17.8 Å². The van der Waals surface area contributed by atoms with E-state index in [0.29, 0.717) is 29.9 Å². The average Bonchev–Trinajstić information content (AvgIpc) is 3.42. The predicted octanol–water partition coefficient (Wildman–Crippen LogP) is 6.80. The number of halogens is 3. The van der Waals surface area contributed by atoms with E-state index in [9.17, 15) is 22.8 Å². The second-order valence-corrected chi connectivity index (χ2v) is 10.1. The molecule has 2 aromatic heterocycles. The van der Waals surface area contributed by atoms with Crippen molar-refractivity contribution in [3.8, 4) is 11.3 Å². The number of carbonyl (C=O) groups is 2. The number of rotatable bonds is 6. The van der Waals surface area contributed by atoms with E-state index >= 15 is 0 Å². The summed E-state index contributed by atoms with van der Waals surface area (Å²) in [6, 6.07) is 17.2. The molecule has 3 heterocycles. The third kappa shape index (κ3) is 6.40. The molecule has 1 aliphatic rings. The van der Waals surface area contributed by atoms with Crippen molar-refractivity contribution in [3.05, 3.63) is 89.4 Å². The van der Waals surface area contributed by atoms with Crippen LogP contribution in [0, 0.1) is 12.8 Å². The zero-order valence-electron chi connectivity index (χ0n) is 22.5. The molecule has 0 radical (unpaired) electrons. The van der Waals surface area contributed by atoms with Gasteiger partial charge in [-0.05, 0) is 61.6 Å². The van der Waals surface area contributed by atoms with E-state index in [2.05, 4.69) is 20.6 Å². The van der Waals surface area contributed by atoms with Crippen LogP contribution < -0.4 is 15.5 Å². The Morgan fingerprint density at radius 2 is 1.76 bits per heavy atom. The van der Waals surface area contributed by atoms with Crippen molar-refractivity contribution in [2.45, 2.75) is 32.9 Å². The van der Waals surface area contributed by atoms with E-state index in [4.69, 9.17) is 4.42 Å². The summed E-state index contributed by atoms with van der Waals surface area (Å²) in [5.74, 6) is -1.94. The zero-order valence-corrected chi connectivity index (χ0v) is 22.5. The van der Waals surface area contributed by atoms with Crippen molar-refractivity contribution in [1.29, 1.82) is 0 Å². The third-order valence-corrected chi connectivity index (χ3v) is 6.88. The fourth-order valence-electron chi connectivity index (χ4n) is 4.68. The van der Waals surface area contributed by atoms with Crippen LogP contribution >= 0.6 is 0 Å². The molecule has 2 N–H and O–H groups in total. The van der Waals surface area contributed by atoms with Crippen LogP contribution in [0.3, 0.4) is 0 Å². The summed E-state index contributed by atoms with van der Waals surface area (Å²) in [5.41, 5.74) is 2.22. The van der Waals surface area contributed by atoms with Crippen molar-refractivity contribution in [2.24, 2.45) is 5.92 Å². The largest absolute Gasteiger partial charge is 0.437 e. The zero-order chi connectivity index (χ0) is 29.1. The summed E-state index contributed by atoms with van der Waals surface area (Å²) >= 11 is 0. The number of aromatic nitrogens is 2. The Morgan fingerprint density at radius 3 is 2.41 bits per heavy atom. The van der Waals surface area contributed by atoms with Gasteiger partial charge < -0.3 is 20.0 Å². The molecule has 11 heteroatoms. The molecule has 4 aromatic rings. The number of anilines is 3. The van der Waals surface area contributed by atoms with Gasteiger partial charge in [-0.15, -0.1) is 0 Å². The molecule has 0 saturated carbocycles. The van der Waals surface area contributed by atoms with E-state index in [1.807, 2.05) is 38.1 Å². The number of para-hydroxylation sites is 1. The van der Waals surface area contributed by atoms with Crippen LogP contribution in [0.1, 0.15) is 51.9 Å². The Kier molecular flexibility index (Phi) is 7.78. The number of hydrogen-bond donors (Lipinski definition) is 2. The van der Waals surface area contributed by atoms with Crippen LogP contribution in [-0.4, -0.2) is 34.9 Å². The number of nitrogens with zero attached hydrogens (tertiary/aromatic N) is 3. The van der Waals surface area contributed by atoms with Crippen molar-refractivity contribution >= 4 is 29.2 Å². The minimum Gasteiger partial charge on any atom is -0.417 e. The fourth-order valence-corrected chi connectivity index (χ4v) is 4.68. The number of aryl methyl sites for hydroxylation is 1. The number of amides is 2. The average molecular weight is 564 g/mol. The highest BCUT2D eigenvalue weighted by Crippen LogP contribution is 2.35. The highest BCUT2D eigenvalue weighted by molar-refractivity contribution is 6.05. The quantitative estimate of drug-likeness (QED) is 0.268. The maximum absolute atomic E-state index is 13.7. The smallest absolute Gasteiger partial charge is 0.417 e. The fraction of sp³-hybridized carbons (Fsp3) is 0.267. The molecule has 0 bridgehead atoms. The molecule has 5 rings (SSSR count). The second-order valence-electron chi connectivity index (χ2n) is 10.1. The van der Waals surface area contributed by atoms with E-state index < -0.39 is 23.5 Å². The molecule has 2 amide bonds. The number of nitrogens with one attached hydrogen (secondary N) is 2. The SMILES string of the molecule is Cc1ccccc1NC(=O)c1ccc(-c2ccc(NC(=O)c3oc(N4CCCC(C)C4)nc3C(F)(F)F)cn2)cc1. The first-order valence-electron chi connectivity index (χ1n) is 13.2. The molecular formula is C30H28F3N5O3. The van der Waals surface area contributed by atoms with Gasteiger partial charge in [0.1, 0.15) is 0 Å². The molecule has 8 nitrogen and oxygen atoms in total. The molecule has 1 atom stereocenters. The lowest BCUT2D eigenvalue weighted by atomic mass is 10.0. The maximum atomic E-state index is 13.7. The lowest BCUT2D eigenvalue weighted by Crippen LogP contribution is -2.34. The lowest BCUT2D eigenvalue weighted by Gasteiger charge is -2.29. The van der Waals surface area contributed by atoms with Crippen LogP contribution in [0.2, 0.25) is 0 Å². The minimum atomic E-state index is -4.86. The molecule has 1 aliphatic heterocycles. The van der Waals surface area contributed by atoms with Crippen molar-refractivity contribution in [1.82, 2.24) is 9.97 Å². The number of benzene rings is 2. The normalized spacial score (nSPS) is 15.4. The van der Waals surface area contributed by atoms with Crippen molar-refractivity contribution < 1.29 is 27.2 Å². The summed E-state index contributed by atoms with van der Waals surface area (Å²) < 4.78 is 46.4. The summed E-state index contributed by atoms with van der Waals surface area (Å²) in [4.78, 5) is 35.0. The van der Waals surface area contributed by atoms with E-state index in [0.717, 1.165) is 24.1 Å². The van der Waals surface area contributed by atoms with Crippen molar-refractivity contribution in [3.63, 3.8) is 0 Å². The van der Waals surface area contributed by atoms with Crippen molar-refractivity contribution in [2.75, 3.05) is 28.6 Å². The van der Waals surface area contributed by atoms with Gasteiger partial charge >= 0.3 is 6.18 Å². The van der Waals surface area contributed by atoms with Gasteiger partial charge in [-0.1, -0.05) is 37.3 Å². The van der Waals surface area contributed by atoms with Gasteiger partial charge in [0.15, 0.2) is 5.69 Å². The van der Waals surface area contributed by atoms with Crippen LogP contribution in [0.15, 0.2) is 71.3 Å². The first-order chi connectivity index (χ1) is 19.6. The number of pyridine rings is 1. The molecule has 212 valence electrons. The van der Waals surface area contributed by atoms with E-state index in [-0.39, 0.29) is 23.5 Å². The number of alkyl halides is 3. The molecule has 1 fully saturated rings. The monoisotopic (exact) mass is 563 g/mol. The molecule has 1 unspecified atom stereocenters. The summed E-state index contributed by atoms with van der Waals surface area (Å²) in [5, 5.41) is 5.30. The Balaban J connectivity index is 1.27. The van der Waals surface area contributed by atoms with Crippen LogP contribution in [0.4, 0.5) is 30.6 Å². The van der Waals surface area contributed by atoms with Gasteiger partial charge in [-0.3, -0.25) is 14.6 Å². The summed E-state index contributed by atoms with van der Waals surface area (Å²) in [6.07, 6.45) is -1.76. The molecule has 0 spiro atoms. The highest BCUT2D eigenvalue weighted by atomic mass is 19.4. The van der Waals surface area contributed by atoms with Gasteiger partial charge in [0.2, 0.25) is 5.76 Å². The standard InChI is InChI=1S/C30H28F3N5O3/c1-18-6-5-15-38(17-18)29-37-26(30(31,32)33)25(41-29)28(40)35-22-13-14-24(34-16-22)20-9-11-21(12-10-20)27(39)36-23-8-4-3-7-19(23)2/h3-4,7-14,16,18H,5-6,15,17H2,1-2H3,(H,35,40)(H,36,39). The molecule has 41 heavy (non-hydrogen) atoms. The van der Waals surface area contributed by atoms with Crippen LogP contribution in [0.25, 0.3) is 11.3 Å². The second kappa shape index (κ2) is 11.4. The van der Waals surface area contributed by atoms with Crippen LogP contribution in [0.5, 0.6) is 0 Å². The molecular weight excluding hydrogens is 535 g/mol. The first kappa shape index (κ1) is 27.9. The maximum Gasteiger partial charge on any atom is 0.437 e. The Morgan fingerprint density at radius 1 is 1.00 bits per heavy atom. The van der Waals surface area contributed by atoms with Crippen LogP contribution in [-0.2, 0) is 6.18 Å². The van der Waals surface area contributed by atoms with E-state index in [1.165, 1.54) is 12.3 Å². The number of carbonyl (C=O) groups excluding carboxylic acids is 2. The Bertz CT molecular complexity index is 1550. The minimum absolute atomic E-state index is 0.186. The topological polar surface area (TPSA) is 100 Å². The molecule has 2 aromatic carbocycles. The van der Waals surface area contributed by atoms with Gasteiger partial charge in [-0.25, -0.2) is 0 Å². The third-order valence-electron chi connectivity index (χ3n) is 6.88. The van der Waals surface area contributed by atoms with E-state index in [1.54, 1.807) is 35.2 Å². The van der Waals surface area contributed by atoms with Gasteiger partial charge in [0, 0.05) is 29.9 Å². The number of oxazole rings is 1. The Labute approximate surface area is 234 Å². The highest BCUT2D eigenvalue weighted by Gasteiger charge is 2.42. The lowest BCUT2D eigenvalue weighted by molar-refractivity contribution is -0.141. The summed E-state index contributed by atoms with van der Waals surface area (Å²) in [7, 11) is 0. The molecule has 1 saturated heterocycles. The predicted molar refractivity (Wildman–Crippen MR) is 149 cm³/mol. The summed E-state index contributed by atoms with van der Waals surface area (Å²) in [6.45, 7) is 4.92. The number of piperidine rings is 1. The number of hydrogen-bond acceptors (Lipinski definition) is 6.